The van der Waals surface area contributed by atoms with Gasteiger partial charge in [-0.15, -0.1) is 10.2 Å². The van der Waals surface area contributed by atoms with Crippen molar-refractivity contribution in [3.05, 3.63) is 6.33 Å². The molecule has 1 heterocycles. The smallest absolute Gasteiger partial charge is 0.188 e. The maximum absolute atomic E-state index is 5.18. The number of nitrogens with two attached hydrogens (primary N) is 2. The van der Waals surface area contributed by atoms with Crippen molar-refractivity contribution in [1.29, 1.82) is 0 Å². The number of anilines is 2. The maximum Gasteiger partial charge on any atom is 0.188 e. The number of hydrogen-bond donors (Lipinski definition) is 2. The van der Waals surface area contributed by atoms with Crippen LogP contribution in [0.15, 0.2) is 6.33 Å². The van der Waals surface area contributed by atoms with Crippen LogP contribution in [0.1, 0.15) is 0 Å². The molecule has 0 aliphatic carbocycles. The van der Waals surface area contributed by atoms with Gasteiger partial charge in [0.25, 0.3) is 0 Å². The van der Waals surface area contributed by atoms with Crippen molar-refractivity contribution in [2.75, 3.05) is 11.5 Å². The summed E-state index contributed by atoms with van der Waals surface area (Å²) in [5.41, 5.74) is 10.3. The minimum Gasteiger partial charge on any atom is -0.381 e. The molecule has 1 aromatic heterocycles. The summed E-state index contributed by atoms with van der Waals surface area (Å²) in [6, 6.07) is 0. The molecule has 1 aromatic rings. The Bertz CT molecular complexity index is 164. The van der Waals surface area contributed by atoms with E-state index in [1.165, 1.54) is 6.33 Å². The second kappa shape index (κ2) is 1.61. The van der Waals surface area contributed by atoms with Crippen LogP contribution >= 0.6 is 0 Å². The Morgan fingerprint density at radius 2 is 2.00 bits per heavy atom. The van der Waals surface area contributed by atoms with E-state index in [-0.39, 0.29) is 11.6 Å². The van der Waals surface area contributed by atoms with Gasteiger partial charge in [0.05, 0.1) is 0 Å². The van der Waals surface area contributed by atoms with Gasteiger partial charge in [-0.25, -0.2) is 4.98 Å². The summed E-state index contributed by atoms with van der Waals surface area (Å²) < 4.78 is 0. The van der Waals surface area contributed by atoms with Gasteiger partial charge in [-0.05, 0) is 0 Å². The molecule has 0 spiro atoms. The van der Waals surface area contributed by atoms with Gasteiger partial charge in [-0.2, -0.15) is 0 Å². The summed E-state index contributed by atoms with van der Waals surface area (Å²) in [4.78, 5) is 3.56. The van der Waals surface area contributed by atoms with Crippen molar-refractivity contribution < 1.29 is 0 Å². The van der Waals surface area contributed by atoms with Crippen molar-refractivity contribution in [2.45, 2.75) is 0 Å². The molecular formula is C3H5N5. The third kappa shape index (κ3) is 0.651. The highest BCUT2D eigenvalue weighted by molar-refractivity contribution is 5.49. The highest BCUT2D eigenvalue weighted by Crippen LogP contribution is 1.99. The summed E-state index contributed by atoms with van der Waals surface area (Å²) in [6.07, 6.45) is 1.24. The average Bonchev–Trinajstić information content (AvgIpc) is 1.77. The van der Waals surface area contributed by atoms with Gasteiger partial charge < -0.3 is 11.5 Å². The SMILES string of the molecule is Nc1ncnnc1N. The van der Waals surface area contributed by atoms with Crippen LogP contribution in [0, 0.1) is 0 Å². The van der Waals surface area contributed by atoms with Crippen molar-refractivity contribution >= 4 is 11.6 Å². The molecule has 0 saturated carbocycles. The molecular weight excluding hydrogens is 106 g/mol. The highest BCUT2D eigenvalue weighted by atomic mass is 15.2. The van der Waals surface area contributed by atoms with Crippen molar-refractivity contribution in [3.8, 4) is 0 Å². The van der Waals surface area contributed by atoms with Gasteiger partial charge in [0.2, 0.25) is 0 Å². The molecule has 0 amide bonds. The Labute approximate surface area is 45.7 Å². The molecule has 8 heavy (non-hydrogen) atoms. The Morgan fingerprint density at radius 1 is 1.25 bits per heavy atom. The number of nitrogen functional groups attached to an aromatic ring is 2. The first-order valence-corrected chi connectivity index (χ1v) is 1.99. The number of nitrogens with zero attached hydrogens (tertiary/aromatic N) is 3. The first-order chi connectivity index (χ1) is 3.80. The molecule has 0 radical (unpaired) electrons. The van der Waals surface area contributed by atoms with Crippen LogP contribution in [0.5, 0.6) is 0 Å². The minimum atomic E-state index is 0.174. The van der Waals surface area contributed by atoms with E-state index >= 15 is 0 Å². The predicted octanol–water partition coefficient (Wildman–Crippen LogP) is -0.964. The van der Waals surface area contributed by atoms with Gasteiger partial charge >= 0.3 is 0 Å². The quantitative estimate of drug-likeness (QED) is 0.449. The Morgan fingerprint density at radius 3 is 2.38 bits per heavy atom. The van der Waals surface area contributed by atoms with Crippen molar-refractivity contribution in [3.63, 3.8) is 0 Å². The summed E-state index contributed by atoms with van der Waals surface area (Å²) in [7, 11) is 0. The van der Waals surface area contributed by atoms with Crippen LogP contribution in [-0.4, -0.2) is 15.2 Å². The Hall–Kier alpha value is -1.39. The van der Waals surface area contributed by atoms with Crippen molar-refractivity contribution in [1.82, 2.24) is 15.2 Å². The third-order valence-electron chi connectivity index (χ3n) is 0.676. The van der Waals surface area contributed by atoms with Gasteiger partial charge in [-0.3, -0.25) is 0 Å². The van der Waals surface area contributed by atoms with E-state index in [4.69, 9.17) is 11.5 Å². The van der Waals surface area contributed by atoms with E-state index in [2.05, 4.69) is 15.2 Å². The molecule has 0 saturated heterocycles. The van der Waals surface area contributed by atoms with E-state index in [9.17, 15) is 0 Å². The molecule has 0 aliphatic heterocycles. The predicted molar refractivity (Wildman–Crippen MR) is 28.7 cm³/mol. The molecule has 0 aromatic carbocycles. The number of hydrogen-bond acceptors (Lipinski definition) is 5. The van der Waals surface area contributed by atoms with Gasteiger partial charge in [0, 0.05) is 0 Å². The first kappa shape index (κ1) is 4.76. The topological polar surface area (TPSA) is 90.7 Å². The van der Waals surface area contributed by atoms with Crippen LogP contribution in [-0.2, 0) is 0 Å². The highest BCUT2D eigenvalue weighted by Gasteiger charge is 1.90. The summed E-state index contributed by atoms with van der Waals surface area (Å²) in [6.45, 7) is 0. The van der Waals surface area contributed by atoms with Crippen molar-refractivity contribution in [2.24, 2.45) is 0 Å². The molecule has 5 heteroatoms. The van der Waals surface area contributed by atoms with E-state index < -0.39 is 0 Å². The van der Waals surface area contributed by atoms with Gasteiger partial charge in [0.1, 0.15) is 6.33 Å². The average molecular weight is 111 g/mol. The lowest BCUT2D eigenvalue weighted by Gasteiger charge is -1.90. The normalized spacial score (nSPS) is 9.00. The molecule has 5 nitrogen and oxygen atoms in total. The zero-order valence-electron chi connectivity index (χ0n) is 4.07. The zero-order chi connectivity index (χ0) is 5.98. The van der Waals surface area contributed by atoms with Crippen LogP contribution < -0.4 is 11.5 Å². The molecule has 4 N–H and O–H groups in total. The van der Waals surface area contributed by atoms with E-state index in [1.54, 1.807) is 0 Å². The second-order valence-corrected chi connectivity index (χ2v) is 1.23. The van der Waals surface area contributed by atoms with E-state index in [1.807, 2.05) is 0 Å². The van der Waals surface area contributed by atoms with Crippen LogP contribution in [0.4, 0.5) is 11.6 Å². The Balaban J connectivity index is 3.13. The zero-order valence-corrected chi connectivity index (χ0v) is 4.07. The lowest BCUT2D eigenvalue weighted by atomic mass is 10.7. The fraction of sp³-hybridized carbons (Fsp3) is 0. The minimum absolute atomic E-state index is 0.174. The number of aromatic nitrogens is 3. The van der Waals surface area contributed by atoms with Gasteiger partial charge in [-0.1, -0.05) is 0 Å². The monoisotopic (exact) mass is 111 g/mol. The fourth-order valence-corrected chi connectivity index (χ4v) is 0.293. The van der Waals surface area contributed by atoms with Crippen LogP contribution in [0.3, 0.4) is 0 Å². The standard InChI is InChI=1S/C3H5N5/c4-2-3(5)8-7-1-6-2/h1H,(H2,5,8)(H2,4,6,7). The summed E-state index contributed by atoms with van der Waals surface area (Å²) in [5.74, 6) is 0.396. The van der Waals surface area contributed by atoms with Gasteiger partial charge in [0.15, 0.2) is 11.6 Å². The summed E-state index contributed by atoms with van der Waals surface area (Å²) in [5, 5.41) is 6.80. The first-order valence-electron chi connectivity index (χ1n) is 1.99. The molecule has 0 bridgehead atoms. The van der Waals surface area contributed by atoms with E-state index in [0.717, 1.165) is 0 Å². The van der Waals surface area contributed by atoms with Crippen LogP contribution in [0.2, 0.25) is 0 Å². The molecule has 0 fully saturated rings. The largest absolute Gasteiger partial charge is 0.381 e. The number of rotatable bonds is 0. The molecule has 0 unspecified atom stereocenters. The fourth-order valence-electron chi connectivity index (χ4n) is 0.293. The van der Waals surface area contributed by atoms with Crippen LogP contribution in [0.25, 0.3) is 0 Å². The second-order valence-electron chi connectivity index (χ2n) is 1.23. The van der Waals surface area contributed by atoms with E-state index in [0.29, 0.717) is 0 Å². The third-order valence-corrected chi connectivity index (χ3v) is 0.676. The molecule has 42 valence electrons. The Kier molecular flexibility index (Phi) is 0.957. The lowest BCUT2D eigenvalue weighted by Crippen LogP contribution is -2.00. The lowest BCUT2D eigenvalue weighted by molar-refractivity contribution is 0.987. The summed E-state index contributed by atoms with van der Waals surface area (Å²) >= 11 is 0. The molecule has 1 rings (SSSR count). The molecule has 0 atom stereocenters. The molecule has 0 aliphatic rings. The maximum atomic E-state index is 5.18.